The lowest BCUT2D eigenvalue weighted by atomic mass is 10.7. The van der Waals surface area contributed by atoms with Crippen LogP contribution >= 0.6 is 0 Å². The molecule has 0 bridgehead atoms. The molecule has 0 N–H and O–H groups in total. The molecule has 0 rings (SSSR count). The normalized spacial score (nSPS) is 13.4. The molecule has 1 unspecified atom stereocenters. The van der Waals surface area contributed by atoms with Crippen LogP contribution in [-0.2, 0) is 25.0 Å². The molecular weight excluding hydrogens is 204 g/mol. The summed E-state index contributed by atoms with van der Waals surface area (Å²) in [6.07, 6.45) is -0.345. The van der Waals surface area contributed by atoms with E-state index >= 15 is 0 Å². The van der Waals surface area contributed by atoms with Gasteiger partial charge in [0, 0.05) is 36.9 Å². The van der Waals surface area contributed by atoms with Gasteiger partial charge in [-0.15, -0.1) is 0 Å². The number of ether oxygens (including phenoxy) is 3. The molecule has 1 atom stereocenters. The van der Waals surface area contributed by atoms with Gasteiger partial charge in [-0.2, -0.15) is 0 Å². The molecule has 0 saturated carbocycles. The Morgan fingerprint density at radius 3 is 2.21 bits per heavy atom. The lowest BCUT2D eigenvalue weighted by Gasteiger charge is -2.16. The Labute approximate surface area is 88.4 Å². The van der Waals surface area contributed by atoms with Crippen molar-refractivity contribution in [2.24, 2.45) is 0 Å². The van der Waals surface area contributed by atoms with Crippen molar-refractivity contribution in [3.63, 3.8) is 0 Å². The highest BCUT2D eigenvalue weighted by Gasteiger charge is 2.12. The highest BCUT2D eigenvalue weighted by molar-refractivity contribution is 7.85. The van der Waals surface area contributed by atoms with E-state index in [1.807, 2.05) is 13.8 Å². The second-order valence-corrected chi connectivity index (χ2v) is 4.26. The van der Waals surface area contributed by atoms with Crippen LogP contribution in [0.15, 0.2) is 0 Å². The fourth-order valence-electron chi connectivity index (χ4n) is 0.928. The molecule has 0 aromatic heterocycles. The van der Waals surface area contributed by atoms with Gasteiger partial charge < -0.3 is 14.2 Å². The Morgan fingerprint density at radius 1 is 1.21 bits per heavy atom. The molecule has 0 radical (unpaired) electrons. The summed E-state index contributed by atoms with van der Waals surface area (Å²) < 4.78 is 26.8. The summed E-state index contributed by atoms with van der Waals surface area (Å²) in [5.41, 5.74) is 0. The number of hydrogen-bond donors (Lipinski definition) is 0. The molecule has 0 fully saturated rings. The van der Waals surface area contributed by atoms with E-state index < -0.39 is 10.8 Å². The number of methoxy groups -OCH3 is 1. The maximum Gasteiger partial charge on any atom is 0.168 e. The first kappa shape index (κ1) is 14.0. The van der Waals surface area contributed by atoms with Gasteiger partial charge in [0.05, 0.1) is 12.4 Å². The molecular formula is C9H20O4S. The summed E-state index contributed by atoms with van der Waals surface area (Å²) in [6, 6.07) is 0. The van der Waals surface area contributed by atoms with E-state index in [0.717, 1.165) is 0 Å². The van der Waals surface area contributed by atoms with Crippen LogP contribution in [-0.4, -0.2) is 48.9 Å². The largest absolute Gasteiger partial charge is 0.384 e. The molecule has 86 valence electrons. The lowest BCUT2D eigenvalue weighted by molar-refractivity contribution is -0.120. The Morgan fingerprint density at radius 2 is 1.79 bits per heavy atom. The van der Waals surface area contributed by atoms with E-state index in [9.17, 15) is 4.21 Å². The Bertz CT molecular complexity index is 146. The topological polar surface area (TPSA) is 44.8 Å². The first-order valence-corrected chi connectivity index (χ1v) is 6.30. The first-order chi connectivity index (χ1) is 6.74. The van der Waals surface area contributed by atoms with Crippen molar-refractivity contribution >= 4 is 10.8 Å². The summed E-state index contributed by atoms with van der Waals surface area (Å²) in [7, 11) is 0.669. The summed E-state index contributed by atoms with van der Waals surface area (Å²) in [5.74, 6) is 0.957. The second-order valence-electron chi connectivity index (χ2n) is 2.64. The summed E-state index contributed by atoms with van der Waals surface area (Å²) >= 11 is 0. The fourth-order valence-corrected chi connectivity index (χ4v) is 1.94. The Balaban J connectivity index is 3.71. The minimum absolute atomic E-state index is 0.345. The van der Waals surface area contributed by atoms with Crippen LogP contribution in [0, 0.1) is 0 Å². The van der Waals surface area contributed by atoms with Gasteiger partial charge in [0.1, 0.15) is 0 Å². The summed E-state index contributed by atoms with van der Waals surface area (Å²) in [5, 5.41) is 0. The van der Waals surface area contributed by atoms with Gasteiger partial charge in [-0.1, -0.05) is 0 Å². The maximum absolute atomic E-state index is 11.4. The van der Waals surface area contributed by atoms with E-state index in [0.29, 0.717) is 31.3 Å². The van der Waals surface area contributed by atoms with Crippen LogP contribution in [0.1, 0.15) is 13.8 Å². The van der Waals surface area contributed by atoms with Crippen molar-refractivity contribution in [2.45, 2.75) is 20.1 Å². The highest BCUT2D eigenvalue weighted by Crippen LogP contribution is 1.98. The van der Waals surface area contributed by atoms with Crippen molar-refractivity contribution in [3.05, 3.63) is 0 Å². The van der Waals surface area contributed by atoms with Gasteiger partial charge in [0.25, 0.3) is 0 Å². The van der Waals surface area contributed by atoms with Crippen LogP contribution in [0.5, 0.6) is 0 Å². The number of rotatable bonds is 9. The lowest BCUT2D eigenvalue weighted by Crippen LogP contribution is -2.26. The molecule has 0 aliphatic heterocycles. The molecule has 0 heterocycles. The summed E-state index contributed by atoms with van der Waals surface area (Å²) in [6.45, 7) is 5.45. The van der Waals surface area contributed by atoms with Gasteiger partial charge in [-0.05, 0) is 13.8 Å². The monoisotopic (exact) mass is 224 g/mol. The average Bonchev–Trinajstić information content (AvgIpc) is 2.15. The Hall–Kier alpha value is 0.0300. The molecule has 0 spiro atoms. The van der Waals surface area contributed by atoms with E-state index in [1.54, 1.807) is 7.11 Å². The third kappa shape index (κ3) is 7.44. The first-order valence-electron chi connectivity index (χ1n) is 4.81. The van der Waals surface area contributed by atoms with E-state index in [4.69, 9.17) is 14.2 Å². The number of hydrogen-bond acceptors (Lipinski definition) is 4. The molecule has 0 aromatic rings. The zero-order valence-corrected chi connectivity index (χ0v) is 9.97. The average molecular weight is 224 g/mol. The van der Waals surface area contributed by atoms with Crippen molar-refractivity contribution < 1.29 is 18.4 Å². The van der Waals surface area contributed by atoms with Crippen molar-refractivity contribution in [1.29, 1.82) is 0 Å². The second kappa shape index (κ2) is 9.58. The maximum atomic E-state index is 11.4. The van der Waals surface area contributed by atoms with E-state index in [1.165, 1.54) is 0 Å². The van der Waals surface area contributed by atoms with Crippen LogP contribution in [0.25, 0.3) is 0 Å². The molecule has 0 aliphatic carbocycles. The molecule has 0 aliphatic rings. The van der Waals surface area contributed by atoms with Crippen molar-refractivity contribution in [3.8, 4) is 0 Å². The van der Waals surface area contributed by atoms with Gasteiger partial charge in [-0.3, -0.25) is 4.21 Å². The van der Waals surface area contributed by atoms with Crippen molar-refractivity contribution in [1.82, 2.24) is 0 Å². The van der Waals surface area contributed by atoms with Gasteiger partial charge in [0.2, 0.25) is 0 Å². The van der Waals surface area contributed by atoms with Crippen LogP contribution < -0.4 is 0 Å². The minimum Gasteiger partial charge on any atom is -0.384 e. The predicted octanol–water partition coefficient (Wildman–Crippen LogP) is 0.781. The molecule has 14 heavy (non-hydrogen) atoms. The van der Waals surface area contributed by atoms with Crippen LogP contribution in [0.2, 0.25) is 0 Å². The minimum atomic E-state index is -0.928. The molecule has 0 saturated heterocycles. The van der Waals surface area contributed by atoms with Gasteiger partial charge in [0.15, 0.2) is 6.29 Å². The van der Waals surface area contributed by atoms with Crippen LogP contribution in [0.3, 0.4) is 0 Å². The zero-order valence-electron chi connectivity index (χ0n) is 9.15. The van der Waals surface area contributed by atoms with E-state index in [-0.39, 0.29) is 6.29 Å². The smallest absolute Gasteiger partial charge is 0.168 e. The fraction of sp³-hybridized carbons (Fsp3) is 1.00. The SMILES string of the molecule is CCOC(CS(=O)CCOC)OCC. The standard InChI is InChI=1S/C9H20O4S/c1-4-12-9(13-5-2)8-14(10)7-6-11-3/h9H,4-8H2,1-3H3. The molecule has 4 nitrogen and oxygen atoms in total. The van der Waals surface area contributed by atoms with Crippen LogP contribution in [0.4, 0.5) is 0 Å². The highest BCUT2D eigenvalue weighted by atomic mass is 32.2. The predicted molar refractivity (Wildman–Crippen MR) is 56.8 cm³/mol. The third-order valence-corrected chi connectivity index (χ3v) is 2.81. The molecule has 5 heteroatoms. The third-order valence-electron chi connectivity index (χ3n) is 1.54. The molecule has 0 amide bonds. The van der Waals surface area contributed by atoms with Gasteiger partial charge >= 0.3 is 0 Å². The zero-order chi connectivity index (χ0) is 10.8. The van der Waals surface area contributed by atoms with E-state index in [2.05, 4.69) is 0 Å². The molecule has 0 aromatic carbocycles. The van der Waals surface area contributed by atoms with Crippen molar-refractivity contribution in [2.75, 3.05) is 38.4 Å². The van der Waals surface area contributed by atoms with Gasteiger partial charge in [-0.25, -0.2) is 0 Å². The quantitative estimate of drug-likeness (QED) is 0.543. The Kier molecular flexibility index (Phi) is 9.60. The summed E-state index contributed by atoms with van der Waals surface area (Å²) in [4.78, 5) is 0.